The summed E-state index contributed by atoms with van der Waals surface area (Å²) in [5.41, 5.74) is 4.39. The lowest BCUT2D eigenvalue weighted by Gasteiger charge is -2.43. The van der Waals surface area contributed by atoms with Crippen LogP contribution in [0.4, 0.5) is 0 Å². The second-order valence-electron chi connectivity index (χ2n) is 8.45. The van der Waals surface area contributed by atoms with Crippen LogP contribution in [0, 0.1) is 0 Å². The number of rotatable bonds is 9. The van der Waals surface area contributed by atoms with Crippen molar-refractivity contribution in [2.24, 2.45) is 0 Å². The van der Waals surface area contributed by atoms with Crippen molar-refractivity contribution < 1.29 is 0 Å². The topological polar surface area (TPSA) is 54.8 Å². The minimum atomic E-state index is -0.654. The number of benzene rings is 1. The Kier molecular flexibility index (Phi) is 6.97. The molecule has 0 unspecified atom stereocenters. The zero-order chi connectivity index (χ0) is 23.8. The van der Waals surface area contributed by atoms with E-state index in [2.05, 4.69) is 63.4 Å². The lowest BCUT2D eigenvalue weighted by molar-refractivity contribution is 0.0918. The lowest BCUT2D eigenvalue weighted by atomic mass is 9.81. The fourth-order valence-corrected chi connectivity index (χ4v) is 4.55. The fraction of sp³-hybridized carbons (Fsp3) is 0.133. The summed E-state index contributed by atoms with van der Waals surface area (Å²) in [5, 5.41) is 0. The second-order valence-corrected chi connectivity index (χ2v) is 8.45. The number of aromatic nitrogens is 4. The molecule has 0 bridgehead atoms. The van der Waals surface area contributed by atoms with E-state index in [4.69, 9.17) is 9.97 Å². The maximum absolute atomic E-state index is 4.91. The van der Waals surface area contributed by atoms with Gasteiger partial charge in [0.05, 0.1) is 22.8 Å². The highest BCUT2D eigenvalue weighted by Crippen LogP contribution is 2.39. The van der Waals surface area contributed by atoms with Crippen LogP contribution in [0.5, 0.6) is 0 Å². The molecule has 0 atom stereocenters. The maximum atomic E-state index is 4.91. The number of hydrogen-bond donors (Lipinski definition) is 0. The van der Waals surface area contributed by atoms with Crippen molar-refractivity contribution >= 4 is 0 Å². The van der Waals surface area contributed by atoms with Crippen molar-refractivity contribution in [3.63, 3.8) is 0 Å². The van der Waals surface area contributed by atoms with Gasteiger partial charge in [0.1, 0.15) is 5.54 Å². The average Bonchev–Trinajstić information content (AvgIpc) is 2.94. The minimum Gasteiger partial charge on any atom is -0.275 e. The van der Waals surface area contributed by atoms with E-state index in [0.717, 1.165) is 22.8 Å². The summed E-state index contributed by atoms with van der Waals surface area (Å²) >= 11 is 0. The van der Waals surface area contributed by atoms with Gasteiger partial charge in [-0.1, -0.05) is 54.6 Å². The van der Waals surface area contributed by atoms with Crippen molar-refractivity contribution in [3.8, 4) is 0 Å². The van der Waals surface area contributed by atoms with Gasteiger partial charge in [0.15, 0.2) is 0 Å². The summed E-state index contributed by atoms with van der Waals surface area (Å²) in [7, 11) is 0. The molecule has 0 amide bonds. The van der Waals surface area contributed by atoms with Crippen molar-refractivity contribution in [1.29, 1.82) is 0 Å². The molecule has 172 valence electrons. The van der Waals surface area contributed by atoms with Gasteiger partial charge in [-0.3, -0.25) is 24.8 Å². The van der Waals surface area contributed by atoms with Crippen molar-refractivity contribution in [3.05, 3.63) is 156 Å². The molecule has 4 heterocycles. The van der Waals surface area contributed by atoms with Gasteiger partial charge in [0.25, 0.3) is 0 Å². The highest BCUT2D eigenvalue weighted by Gasteiger charge is 2.43. The van der Waals surface area contributed by atoms with Gasteiger partial charge in [-0.2, -0.15) is 0 Å². The summed E-state index contributed by atoms with van der Waals surface area (Å²) < 4.78 is 0. The number of hydrogen-bond acceptors (Lipinski definition) is 5. The van der Waals surface area contributed by atoms with Gasteiger partial charge in [-0.25, -0.2) is 0 Å². The van der Waals surface area contributed by atoms with Crippen LogP contribution < -0.4 is 0 Å². The van der Waals surface area contributed by atoms with Gasteiger partial charge in [-0.05, 0) is 54.1 Å². The monoisotopic (exact) mass is 457 g/mol. The van der Waals surface area contributed by atoms with Gasteiger partial charge in [-0.15, -0.1) is 0 Å². The fourth-order valence-electron chi connectivity index (χ4n) is 4.55. The molecule has 5 aromatic rings. The van der Waals surface area contributed by atoms with E-state index < -0.39 is 5.54 Å². The predicted octanol–water partition coefficient (Wildman–Crippen LogP) is 5.46. The van der Waals surface area contributed by atoms with Crippen LogP contribution in [0.15, 0.2) is 128 Å². The van der Waals surface area contributed by atoms with Gasteiger partial charge in [0, 0.05) is 44.3 Å². The number of pyridine rings is 4. The molecular formula is C30H27N5. The molecular weight excluding hydrogens is 430 g/mol. The molecule has 0 aliphatic carbocycles. The smallest absolute Gasteiger partial charge is 0.111 e. The molecule has 0 spiro atoms. The van der Waals surface area contributed by atoms with Crippen molar-refractivity contribution in [2.75, 3.05) is 0 Å². The standard InChI is InChI=1S/C30H27N5/c1-2-12-25(13-3-1)22-30(28-16-6-10-20-33-28,29-17-7-11-21-34-29)35(23-26-14-4-8-18-31-26)24-27-15-5-9-19-32-27/h1-21H,22-24H2. The SMILES string of the molecule is c1ccc(CC(c2ccccn2)(c2ccccn2)N(Cc2ccccn2)Cc2ccccn2)cc1. The quantitative estimate of drug-likeness (QED) is 0.294. The molecule has 35 heavy (non-hydrogen) atoms. The lowest BCUT2D eigenvalue weighted by Crippen LogP contribution is -2.49. The van der Waals surface area contributed by atoms with Crippen LogP contribution in [0.3, 0.4) is 0 Å². The van der Waals surface area contributed by atoms with E-state index in [1.54, 1.807) is 0 Å². The molecule has 0 aliphatic heterocycles. The molecule has 0 N–H and O–H groups in total. The Balaban J connectivity index is 1.73. The Hall–Kier alpha value is -4.22. The summed E-state index contributed by atoms with van der Waals surface area (Å²) in [5.74, 6) is 0. The molecule has 0 aliphatic rings. The first-order valence-corrected chi connectivity index (χ1v) is 11.8. The van der Waals surface area contributed by atoms with Crippen LogP contribution in [-0.2, 0) is 25.0 Å². The Morgan fingerprint density at radius 3 is 1.37 bits per heavy atom. The van der Waals surface area contributed by atoms with Gasteiger partial charge in [0.2, 0.25) is 0 Å². The maximum Gasteiger partial charge on any atom is 0.111 e. The molecule has 4 aromatic heterocycles. The first kappa shape index (κ1) is 22.6. The third-order valence-electron chi connectivity index (χ3n) is 6.18. The zero-order valence-corrected chi connectivity index (χ0v) is 19.5. The molecule has 0 radical (unpaired) electrons. The zero-order valence-electron chi connectivity index (χ0n) is 19.5. The average molecular weight is 458 g/mol. The second kappa shape index (κ2) is 10.8. The largest absolute Gasteiger partial charge is 0.275 e. The molecule has 0 fully saturated rings. The van der Waals surface area contributed by atoms with Crippen molar-refractivity contribution in [2.45, 2.75) is 25.0 Å². The van der Waals surface area contributed by atoms with E-state index in [1.165, 1.54) is 5.56 Å². The molecule has 1 aromatic carbocycles. The Morgan fingerprint density at radius 2 is 0.943 bits per heavy atom. The van der Waals surface area contributed by atoms with Crippen LogP contribution in [-0.4, -0.2) is 24.8 Å². The predicted molar refractivity (Wildman–Crippen MR) is 137 cm³/mol. The minimum absolute atomic E-state index is 0.609. The van der Waals surface area contributed by atoms with Crippen molar-refractivity contribution in [1.82, 2.24) is 24.8 Å². The van der Waals surface area contributed by atoms with E-state index in [0.29, 0.717) is 19.5 Å². The molecule has 5 heteroatoms. The van der Waals surface area contributed by atoms with Crippen LogP contribution in [0.2, 0.25) is 0 Å². The number of nitrogens with zero attached hydrogens (tertiary/aromatic N) is 5. The van der Waals surface area contributed by atoms with Gasteiger partial charge >= 0.3 is 0 Å². The first-order chi connectivity index (χ1) is 17.3. The Bertz CT molecular complexity index is 1220. The highest BCUT2D eigenvalue weighted by molar-refractivity contribution is 5.35. The summed E-state index contributed by atoms with van der Waals surface area (Å²) in [4.78, 5) is 21.6. The van der Waals surface area contributed by atoms with Crippen LogP contribution >= 0.6 is 0 Å². The molecule has 0 saturated carbocycles. The molecule has 5 rings (SSSR count). The summed E-state index contributed by atoms with van der Waals surface area (Å²) in [6.07, 6.45) is 8.10. The third kappa shape index (κ3) is 5.15. The van der Waals surface area contributed by atoms with Crippen LogP contribution in [0.1, 0.15) is 28.3 Å². The molecule has 0 saturated heterocycles. The van der Waals surface area contributed by atoms with E-state index in [-0.39, 0.29) is 0 Å². The Labute approximate surface area is 206 Å². The Morgan fingerprint density at radius 1 is 0.486 bits per heavy atom. The summed E-state index contributed by atoms with van der Waals surface area (Å²) in [6, 6.07) is 34.8. The van der Waals surface area contributed by atoms with Gasteiger partial charge < -0.3 is 0 Å². The third-order valence-corrected chi connectivity index (χ3v) is 6.18. The molecule has 5 nitrogen and oxygen atoms in total. The first-order valence-electron chi connectivity index (χ1n) is 11.8. The summed E-state index contributed by atoms with van der Waals surface area (Å²) in [6.45, 7) is 1.22. The van der Waals surface area contributed by atoms with E-state index >= 15 is 0 Å². The highest BCUT2D eigenvalue weighted by atomic mass is 15.2. The van der Waals surface area contributed by atoms with Crippen LogP contribution in [0.25, 0.3) is 0 Å². The van der Waals surface area contributed by atoms with E-state index in [1.807, 2.05) is 79.4 Å². The normalized spacial score (nSPS) is 11.5. The van der Waals surface area contributed by atoms with E-state index in [9.17, 15) is 0 Å².